The average Bonchev–Trinajstić information content (AvgIpc) is 3.14. The van der Waals surface area contributed by atoms with Crippen LogP contribution >= 0.6 is 0 Å². The predicted molar refractivity (Wildman–Crippen MR) is 64.1 cm³/mol. The summed E-state index contributed by atoms with van der Waals surface area (Å²) in [4.78, 5) is 0. The zero-order valence-electron chi connectivity index (χ0n) is 9.23. The summed E-state index contributed by atoms with van der Waals surface area (Å²) in [6, 6.07) is 9.80. The largest absolute Gasteiger partial charge is 0.507 e. The maximum atomic E-state index is 10.2. The van der Waals surface area contributed by atoms with Gasteiger partial charge in [0.25, 0.3) is 0 Å². The van der Waals surface area contributed by atoms with Crippen molar-refractivity contribution in [2.24, 2.45) is 0 Å². The molecule has 1 aliphatic carbocycles. The van der Waals surface area contributed by atoms with E-state index >= 15 is 0 Å². The molecule has 1 saturated carbocycles. The number of rotatable bonds is 2. The minimum Gasteiger partial charge on any atom is -0.507 e. The van der Waals surface area contributed by atoms with Crippen LogP contribution in [0.15, 0.2) is 30.3 Å². The van der Waals surface area contributed by atoms with E-state index in [2.05, 4.69) is 0 Å². The maximum absolute atomic E-state index is 10.2. The van der Waals surface area contributed by atoms with Crippen molar-refractivity contribution in [1.29, 1.82) is 0 Å². The Hall–Kier alpha value is -1.70. The zero-order chi connectivity index (χ0) is 11.1. The smallest absolute Gasteiger partial charge is 0.127 e. The Morgan fingerprint density at radius 2 is 1.88 bits per heavy atom. The van der Waals surface area contributed by atoms with Gasteiger partial charge in [-0.1, -0.05) is 24.3 Å². The molecule has 2 nitrogen and oxygen atoms in total. The maximum Gasteiger partial charge on any atom is 0.127 e. The second-order valence-electron chi connectivity index (χ2n) is 4.34. The monoisotopic (exact) mass is 214 g/mol. The first kappa shape index (κ1) is 9.52. The van der Waals surface area contributed by atoms with E-state index in [4.69, 9.17) is 4.74 Å². The summed E-state index contributed by atoms with van der Waals surface area (Å²) < 4.78 is 5.39. The molecule has 0 unspecified atom stereocenters. The standard InChI is InChI=1S/C14H14O2/c1-16-13-8-12(9-6-7-9)14(15)11-5-3-2-4-10(11)13/h2-5,8-9,15H,6-7H2,1H3. The van der Waals surface area contributed by atoms with Crippen LogP contribution in [0.1, 0.15) is 24.3 Å². The van der Waals surface area contributed by atoms with E-state index in [0.29, 0.717) is 11.7 Å². The summed E-state index contributed by atoms with van der Waals surface area (Å²) in [6.07, 6.45) is 2.35. The highest BCUT2D eigenvalue weighted by molar-refractivity contribution is 5.94. The first-order valence-electron chi connectivity index (χ1n) is 5.60. The van der Waals surface area contributed by atoms with Crippen molar-refractivity contribution >= 4 is 10.8 Å². The van der Waals surface area contributed by atoms with Gasteiger partial charge in [-0.05, 0) is 24.8 Å². The van der Waals surface area contributed by atoms with Crippen molar-refractivity contribution in [3.8, 4) is 11.5 Å². The summed E-state index contributed by atoms with van der Waals surface area (Å²) in [5.41, 5.74) is 1.04. The number of methoxy groups -OCH3 is 1. The SMILES string of the molecule is COc1cc(C2CC2)c(O)c2ccccc12. The van der Waals surface area contributed by atoms with Crippen molar-refractivity contribution in [2.45, 2.75) is 18.8 Å². The molecule has 2 aromatic carbocycles. The number of hydrogen-bond donors (Lipinski definition) is 1. The van der Waals surface area contributed by atoms with Crippen molar-refractivity contribution in [3.63, 3.8) is 0 Å². The quantitative estimate of drug-likeness (QED) is 0.829. The molecule has 0 saturated heterocycles. The Bertz CT molecular complexity index is 542. The van der Waals surface area contributed by atoms with Crippen LogP contribution in [-0.2, 0) is 0 Å². The summed E-state index contributed by atoms with van der Waals surface area (Å²) in [6.45, 7) is 0. The van der Waals surface area contributed by atoms with Gasteiger partial charge in [0.15, 0.2) is 0 Å². The number of fused-ring (bicyclic) bond motifs is 1. The van der Waals surface area contributed by atoms with E-state index in [0.717, 1.165) is 22.1 Å². The molecule has 1 N–H and O–H groups in total. The van der Waals surface area contributed by atoms with Gasteiger partial charge in [0.2, 0.25) is 0 Å². The van der Waals surface area contributed by atoms with Gasteiger partial charge < -0.3 is 9.84 Å². The lowest BCUT2D eigenvalue weighted by molar-refractivity contribution is 0.417. The third-order valence-electron chi connectivity index (χ3n) is 3.24. The molecule has 0 bridgehead atoms. The molecule has 82 valence electrons. The molecule has 1 aliphatic rings. The Labute approximate surface area is 94.5 Å². The molecule has 3 rings (SSSR count). The van der Waals surface area contributed by atoms with Crippen LogP contribution < -0.4 is 4.74 Å². The van der Waals surface area contributed by atoms with Gasteiger partial charge in [-0.2, -0.15) is 0 Å². The van der Waals surface area contributed by atoms with Gasteiger partial charge in [-0.25, -0.2) is 0 Å². The highest BCUT2D eigenvalue weighted by atomic mass is 16.5. The van der Waals surface area contributed by atoms with Gasteiger partial charge >= 0.3 is 0 Å². The fraction of sp³-hybridized carbons (Fsp3) is 0.286. The number of aromatic hydroxyl groups is 1. The molecule has 0 amide bonds. The Kier molecular flexibility index (Phi) is 2.03. The van der Waals surface area contributed by atoms with Crippen molar-refractivity contribution in [1.82, 2.24) is 0 Å². The molecule has 0 heterocycles. The highest BCUT2D eigenvalue weighted by Gasteiger charge is 2.28. The summed E-state index contributed by atoms with van der Waals surface area (Å²) >= 11 is 0. The van der Waals surface area contributed by atoms with Crippen molar-refractivity contribution < 1.29 is 9.84 Å². The molecular formula is C14H14O2. The number of benzene rings is 2. The first-order valence-corrected chi connectivity index (χ1v) is 5.60. The molecule has 1 fully saturated rings. The van der Waals surface area contributed by atoms with Gasteiger partial charge in [0, 0.05) is 16.3 Å². The lowest BCUT2D eigenvalue weighted by atomic mass is 10.0. The normalized spacial score (nSPS) is 15.3. The molecular weight excluding hydrogens is 200 g/mol. The van der Waals surface area contributed by atoms with Crippen LogP contribution in [0.4, 0.5) is 0 Å². The van der Waals surface area contributed by atoms with E-state index in [9.17, 15) is 5.11 Å². The predicted octanol–water partition coefficient (Wildman–Crippen LogP) is 3.43. The lowest BCUT2D eigenvalue weighted by Crippen LogP contribution is -1.89. The van der Waals surface area contributed by atoms with E-state index in [1.807, 2.05) is 30.3 Å². The number of phenolic OH excluding ortho intramolecular Hbond substituents is 1. The Morgan fingerprint density at radius 1 is 1.19 bits per heavy atom. The molecule has 16 heavy (non-hydrogen) atoms. The highest BCUT2D eigenvalue weighted by Crippen LogP contribution is 2.48. The number of phenols is 1. The fourth-order valence-corrected chi connectivity index (χ4v) is 2.22. The second kappa shape index (κ2) is 3.41. The number of hydrogen-bond acceptors (Lipinski definition) is 2. The topological polar surface area (TPSA) is 29.5 Å². The summed E-state index contributed by atoms with van der Waals surface area (Å²) in [7, 11) is 1.68. The molecule has 0 radical (unpaired) electrons. The zero-order valence-corrected chi connectivity index (χ0v) is 9.23. The molecule has 0 aromatic heterocycles. The van der Waals surface area contributed by atoms with Gasteiger partial charge in [0.05, 0.1) is 7.11 Å². The first-order chi connectivity index (χ1) is 7.81. The molecule has 2 heteroatoms. The van der Waals surface area contributed by atoms with Crippen LogP contribution in [0, 0.1) is 0 Å². The van der Waals surface area contributed by atoms with E-state index in [1.54, 1.807) is 7.11 Å². The molecule has 0 aliphatic heterocycles. The van der Waals surface area contributed by atoms with Crippen LogP contribution in [0.5, 0.6) is 11.5 Å². The van der Waals surface area contributed by atoms with Crippen LogP contribution in [0.3, 0.4) is 0 Å². The minimum absolute atomic E-state index is 0.430. The van der Waals surface area contributed by atoms with Crippen LogP contribution in [-0.4, -0.2) is 12.2 Å². The van der Waals surface area contributed by atoms with Gasteiger partial charge in [-0.3, -0.25) is 0 Å². The summed E-state index contributed by atoms with van der Waals surface area (Å²) in [5, 5.41) is 12.1. The number of ether oxygens (including phenoxy) is 1. The third kappa shape index (κ3) is 1.33. The van der Waals surface area contributed by atoms with E-state index in [1.165, 1.54) is 12.8 Å². The second-order valence-corrected chi connectivity index (χ2v) is 4.34. The van der Waals surface area contributed by atoms with E-state index < -0.39 is 0 Å². The lowest BCUT2D eigenvalue weighted by Gasteiger charge is -2.11. The molecule has 0 atom stereocenters. The molecule has 0 spiro atoms. The van der Waals surface area contributed by atoms with Gasteiger partial charge in [0.1, 0.15) is 11.5 Å². The van der Waals surface area contributed by atoms with Crippen LogP contribution in [0.2, 0.25) is 0 Å². The average molecular weight is 214 g/mol. The van der Waals surface area contributed by atoms with E-state index in [-0.39, 0.29) is 0 Å². The third-order valence-corrected chi connectivity index (χ3v) is 3.24. The Balaban J connectivity index is 2.33. The fourth-order valence-electron chi connectivity index (χ4n) is 2.22. The minimum atomic E-state index is 0.430. The molecule has 2 aromatic rings. The van der Waals surface area contributed by atoms with Crippen molar-refractivity contribution in [2.75, 3.05) is 7.11 Å². The Morgan fingerprint density at radius 3 is 2.50 bits per heavy atom. The summed E-state index contributed by atoms with van der Waals surface area (Å²) in [5.74, 6) is 1.81. The van der Waals surface area contributed by atoms with Crippen LogP contribution in [0.25, 0.3) is 10.8 Å². The van der Waals surface area contributed by atoms with Gasteiger partial charge in [-0.15, -0.1) is 0 Å². The van der Waals surface area contributed by atoms with Crippen molar-refractivity contribution in [3.05, 3.63) is 35.9 Å².